The smallest absolute Gasteiger partial charge is 0.268 e. The molecule has 0 aliphatic carbocycles. The fourth-order valence-electron chi connectivity index (χ4n) is 3.47. The van der Waals surface area contributed by atoms with E-state index in [9.17, 15) is 4.79 Å². The molecule has 1 aromatic rings. The lowest BCUT2D eigenvalue weighted by molar-refractivity contribution is 0.0913. The van der Waals surface area contributed by atoms with Crippen molar-refractivity contribution in [2.75, 3.05) is 0 Å². The number of aromatic nitrogens is 1. The summed E-state index contributed by atoms with van der Waals surface area (Å²) in [6.45, 7) is 4.20. The average Bonchev–Trinajstić information content (AvgIpc) is 2.96. The third-order valence-corrected chi connectivity index (χ3v) is 4.38. The van der Waals surface area contributed by atoms with Crippen molar-refractivity contribution in [3.8, 4) is 0 Å². The highest BCUT2D eigenvalue weighted by Crippen LogP contribution is 2.27. The Morgan fingerprint density at radius 3 is 2.68 bits per heavy atom. The van der Waals surface area contributed by atoms with Crippen molar-refractivity contribution in [3.05, 3.63) is 24.0 Å². The van der Waals surface area contributed by atoms with E-state index < -0.39 is 0 Å². The molecule has 0 saturated carbocycles. The highest BCUT2D eigenvalue weighted by Gasteiger charge is 2.34. The Bertz CT molecular complexity index is 454. The molecule has 1 amide bonds. The molecule has 2 saturated heterocycles. The number of amides is 1. The summed E-state index contributed by atoms with van der Waals surface area (Å²) in [4.78, 5) is 12.4. The van der Waals surface area contributed by atoms with E-state index in [0.717, 1.165) is 18.5 Å². The summed E-state index contributed by atoms with van der Waals surface area (Å²) in [5.74, 6) is 0.0741. The van der Waals surface area contributed by atoms with E-state index >= 15 is 0 Å². The lowest BCUT2D eigenvalue weighted by Crippen LogP contribution is -2.48. The number of carbonyl (C=O) groups excluding carboxylic acids is 1. The first kappa shape index (κ1) is 12.7. The average molecular weight is 261 g/mol. The van der Waals surface area contributed by atoms with Crippen molar-refractivity contribution in [2.45, 2.75) is 63.7 Å². The van der Waals surface area contributed by atoms with Crippen LogP contribution in [0.2, 0.25) is 0 Å². The van der Waals surface area contributed by atoms with Gasteiger partial charge in [-0.2, -0.15) is 0 Å². The third-order valence-electron chi connectivity index (χ3n) is 4.38. The number of hydrogen-bond donors (Lipinski definition) is 2. The van der Waals surface area contributed by atoms with Gasteiger partial charge in [-0.15, -0.1) is 0 Å². The monoisotopic (exact) mass is 261 g/mol. The van der Waals surface area contributed by atoms with Crippen LogP contribution >= 0.6 is 0 Å². The number of carbonyl (C=O) groups is 1. The standard InChI is InChI=1S/C15H23N3O/c1-10(2)18-7-3-4-14(18)15(19)17-13-8-11-5-6-12(9-13)16-11/h3-4,7,10-13,16H,5-6,8-9H2,1-2H3,(H,17,19). The van der Waals surface area contributed by atoms with Crippen LogP contribution < -0.4 is 10.6 Å². The summed E-state index contributed by atoms with van der Waals surface area (Å²) in [5.41, 5.74) is 0.779. The second kappa shape index (κ2) is 5.00. The number of fused-ring (bicyclic) bond motifs is 2. The van der Waals surface area contributed by atoms with Crippen LogP contribution in [0, 0.1) is 0 Å². The van der Waals surface area contributed by atoms with Crippen molar-refractivity contribution in [1.82, 2.24) is 15.2 Å². The number of hydrogen-bond acceptors (Lipinski definition) is 2. The van der Waals surface area contributed by atoms with E-state index in [2.05, 4.69) is 24.5 Å². The van der Waals surface area contributed by atoms with Crippen LogP contribution in [-0.2, 0) is 0 Å². The van der Waals surface area contributed by atoms with Gasteiger partial charge in [0.2, 0.25) is 0 Å². The molecular weight excluding hydrogens is 238 g/mol. The van der Waals surface area contributed by atoms with Gasteiger partial charge in [-0.1, -0.05) is 0 Å². The van der Waals surface area contributed by atoms with Gasteiger partial charge in [0, 0.05) is 30.4 Å². The van der Waals surface area contributed by atoms with Crippen LogP contribution in [-0.4, -0.2) is 28.6 Å². The SMILES string of the molecule is CC(C)n1cccc1C(=O)NC1CC2CCC(C1)N2. The normalized spacial score (nSPS) is 29.7. The maximum Gasteiger partial charge on any atom is 0.268 e. The Morgan fingerprint density at radius 1 is 1.37 bits per heavy atom. The van der Waals surface area contributed by atoms with Crippen LogP contribution in [0.25, 0.3) is 0 Å². The first-order chi connectivity index (χ1) is 9.13. The van der Waals surface area contributed by atoms with Gasteiger partial charge in [0.15, 0.2) is 0 Å². The van der Waals surface area contributed by atoms with Crippen LogP contribution in [0.1, 0.15) is 56.1 Å². The van der Waals surface area contributed by atoms with E-state index in [1.165, 1.54) is 12.8 Å². The summed E-state index contributed by atoms with van der Waals surface area (Å²) in [6, 6.07) is 5.73. The fraction of sp³-hybridized carbons (Fsp3) is 0.667. The zero-order valence-corrected chi connectivity index (χ0v) is 11.7. The lowest BCUT2D eigenvalue weighted by atomic mass is 10.00. The third kappa shape index (κ3) is 2.54. The van der Waals surface area contributed by atoms with E-state index in [-0.39, 0.29) is 5.91 Å². The van der Waals surface area contributed by atoms with Gasteiger partial charge < -0.3 is 15.2 Å². The fourth-order valence-corrected chi connectivity index (χ4v) is 3.47. The Hall–Kier alpha value is -1.29. The minimum Gasteiger partial charge on any atom is -0.348 e. The lowest BCUT2D eigenvalue weighted by Gasteiger charge is -2.29. The predicted molar refractivity (Wildman–Crippen MR) is 75.3 cm³/mol. The molecule has 3 heterocycles. The Balaban J connectivity index is 1.66. The molecule has 2 N–H and O–H groups in total. The maximum atomic E-state index is 12.4. The number of rotatable bonds is 3. The van der Waals surface area contributed by atoms with Gasteiger partial charge in [0.05, 0.1) is 0 Å². The second-order valence-corrected chi connectivity index (χ2v) is 6.17. The van der Waals surface area contributed by atoms with Gasteiger partial charge in [-0.05, 0) is 51.7 Å². The molecule has 1 aromatic heterocycles. The molecule has 3 rings (SSSR count). The van der Waals surface area contributed by atoms with Gasteiger partial charge in [-0.3, -0.25) is 4.79 Å². The van der Waals surface area contributed by atoms with Crippen LogP contribution in [0.15, 0.2) is 18.3 Å². The number of nitrogens with one attached hydrogen (secondary N) is 2. The summed E-state index contributed by atoms with van der Waals surface area (Å²) < 4.78 is 2.03. The van der Waals surface area contributed by atoms with E-state index in [4.69, 9.17) is 0 Å². The summed E-state index contributed by atoms with van der Waals surface area (Å²) in [7, 11) is 0. The van der Waals surface area contributed by atoms with Crippen LogP contribution in [0.5, 0.6) is 0 Å². The van der Waals surface area contributed by atoms with Gasteiger partial charge in [-0.25, -0.2) is 0 Å². The zero-order chi connectivity index (χ0) is 13.4. The molecule has 2 unspecified atom stereocenters. The predicted octanol–water partition coefficient (Wildman–Crippen LogP) is 2.08. The quantitative estimate of drug-likeness (QED) is 0.875. The molecule has 2 bridgehead atoms. The van der Waals surface area contributed by atoms with E-state index in [1.807, 2.05) is 22.9 Å². The second-order valence-electron chi connectivity index (χ2n) is 6.17. The molecule has 104 valence electrons. The van der Waals surface area contributed by atoms with Crippen LogP contribution in [0.4, 0.5) is 0 Å². The van der Waals surface area contributed by atoms with Gasteiger partial charge >= 0.3 is 0 Å². The minimum atomic E-state index is 0.0741. The van der Waals surface area contributed by atoms with Gasteiger partial charge in [0.1, 0.15) is 5.69 Å². The van der Waals surface area contributed by atoms with Crippen molar-refractivity contribution in [3.63, 3.8) is 0 Å². The van der Waals surface area contributed by atoms with E-state index in [1.54, 1.807) is 0 Å². The summed E-state index contributed by atoms with van der Waals surface area (Å²) >= 11 is 0. The largest absolute Gasteiger partial charge is 0.348 e. The number of piperidine rings is 1. The Labute approximate surface area is 114 Å². The first-order valence-electron chi connectivity index (χ1n) is 7.37. The first-order valence-corrected chi connectivity index (χ1v) is 7.37. The molecule has 2 aliphatic rings. The van der Waals surface area contributed by atoms with Crippen LogP contribution in [0.3, 0.4) is 0 Å². The van der Waals surface area contributed by atoms with Gasteiger partial charge in [0.25, 0.3) is 5.91 Å². The molecule has 2 atom stereocenters. The summed E-state index contributed by atoms with van der Waals surface area (Å²) in [6.07, 6.45) is 6.65. The highest BCUT2D eigenvalue weighted by molar-refractivity contribution is 5.93. The maximum absolute atomic E-state index is 12.4. The number of nitrogens with zero attached hydrogens (tertiary/aromatic N) is 1. The molecule has 0 aromatic carbocycles. The molecule has 4 heteroatoms. The minimum absolute atomic E-state index is 0.0741. The molecule has 0 radical (unpaired) electrons. The molecule has 4 nitrogen and oxygen atoms in total. The Morgan fingerprint density at radius 2 is 2.05 bits per heavy atom. The van der Waals surface area contributed by atoms with Crippen molar-refractivity contribution >= 4 is 5.91 Å². The van der Waals surface area contributed by atoms with E-state index in [0.29, 0.717) is 24.2 Å². The van der Waals surface area contributed by atoms with Crippen molar-refractivity contribution in [1.29, 1.82) is 0 Å². The molecule has 0 spiro atoms. The van der Waals surface area contributed by atoms with Crippen molar-refractivity contribution in [2.24, 2.45) is 0 Å². The summed E-state index contributed by atoms with van der Waals surface area (Å²) in [5, 5.41) is 6.82. The molecular formula is C15H23N3O. The molecule has 19 heavy (non-hydrogen) atoms. The molecule has 2 fully saturated rings. The topological polar surface area (TPSA) is 46.1 Å². The Kier molecular flexibility index (Phi) is 3.35. The van der Waals surface area contributed by atoms with Crippen molar-refractivity contribution < 1.29 is 4.79 Å². The molecule has 2 aliphatic heterocycles. The zero-order valence-electron chi connectivity index (χ0n) is 11.7. The highest BCUT2D eigenvalue weighted by atomic mass is 16.2.